The SMILES string of the molecule is Cn1nccc1CCC(=O)N1CCN([C@@H]2CN3CCC2CC3)CC1. The molecule has 0 saturated carbocycles. The van der Waals surface area contributed by atoms with Crippen LogP contribution in [0, 0.1) is 5.92 Å². The van der Waals surface area contributed by atoms with Gasteiger partial charge in [0, 0.05) is 64.1 Å². The van der Waals surface area contributed by atoms with E-state index in [1.54, 1.807) is 6.20 Å². The first kappa shape index (κ1) is 16.1. The third kappa shape index (κ3) is 3.22. The van der Waals surface area contributed by atoms with Gasteiger partial charge >= 0.3 is 0 Å². The number of aryl methyl sites for hydroxylation is 2. The zero-order valence-electron chi connectivity index (χ0n) is 14.7. The van der Waals surface area contributed by atoms with Crippen molar-refractivity contribution in [2.45, 2.75) is 31.7 Å². The lowest BCUT2D eigenvalue weighted by atomic mass is 9.83. The number of carbonyl (C=O) groups is 1. The molecule has 5 rings (SSSR count). The van der Waals surface area contributed by atoms with Gasteiger partial charge in [-0.15, -0.1) is 0 Å². The van der Waals surface area contributed by atoms with Crippen LogP contribution >= 0.6 is 0 Å². The Labute approximate surface area is 144 Å². The maximum absolute atomic E-state index is 12.5. The lowest BCUT2D eigenvalue weighted by Crippen LogP contribution is -2.61. The summed E-state index contributed by atoms with van der Waals surface area (Å²) in [7, 11) is 1.94. The van der Waals surface area contributed by atoms with E-state index in [-0.39, 0.29) is 0 Å². The molecule has 6 heteroatoms. The Bertz CT molecular complexity index is 570. The maximum atomic E-state index is 12.5. The molecule has 0 radical (unpaired) electrons. The molecule has 4 fully saturated rings. The Hall–Kier alpha value is -1.40. The second kappa shape index (κ2) is 6.84. The van der Waals surface area contributed by atoms with Gasteiger partial charge < -0.3 is 9.80 Å². The summed E-state index contributed by atoms with van der Waals surface area (Å²) in [5.41, 5.74) is 1.13. The Morgan fingerprint density at radius 2 is 1.92 bits per heavy atom. The summed E-state index contributed by atoms with van der Waals surface area (Å²) in [5.74, 6) is 1.19. The first-order chi connectivity index (χ1) is 11.7. The molecule has 6 nitrogen and oxygen atoms in total. The maximum Gasteiger partial charge on any atom is 0.223 e. The quantitative estimate of drug-likeness (QED) is 0.810. The van der Waals surface area contributed by atoms with E-state index in [1.807, 2.05) is 17.8 Å². The number of nitrogens with zero attached hydrogens (tertiary/aromatic N) is 5. The molecule has 4 aliphatic heterocycles. The van der Waals surface area contributed by atoms with Crippen molar-refractivity contribution in [2.75, 3.05) is 45.8 Å². The summed E-state index contributed by atoms with van der Waals surface area (Å²) < 4.78 is 1.86. The van der Waals surface area contributed by atoms with E-state index < -0.39 is 0 Å². The molecule has 0 unspecified atom stereocenters. The van der Waals surface area contributed by atoms with Crippen molar-refractivity contribution in [2.24, 2.45) is 13.0 Å². The first-order valence-corrected chi connectivity index (χ1v) is 9.42. The number of piperazine rings is 1. The van der Waals surface area contributed by atoms with Crippen molar-refractivity contribution in [3.05, 3.63) is 18.0 Å². The molecular formula is C18H29N5O. The molecule has 0 spiro atoms. The van der Waals surface area contributed by atoms with Crippen LogP contribution in [0.3, 0.4) is 0 Å². The third-order valence-electron chi connectivity index (χ3n) is 6.28. The molecule has 4 saturated heterocycles. The molecule has 2 bridgehead atoms. The average molecular weight is 331 g/mol. The van der Waals surface area contributed by atoms with Gasteiger partial charge in [0.1, 0.15) is 0 Å². The predicted molar refractivity (Wildman–Crippen MR) is 92.6 cm³/mol. The van der Waals surface area contributed by atoms with Gasteiger partial charge in [0.05, 0.1) is 0 Å². The van der Waals surface area contributed by atoms with Crippen molar-refractivity contribution >= 4 is 5.91 Å². The van der Waals surface area contributed by atoms with Crippen molar-refractivity contribution in [1.82, 2.24) is 24.5 Å². The fraction of sp³-hybridized carbons (Fsp3) is 0.778. The van der Waals surface area contributed by atoms with Gasteiger partial charge in [-0.05, 0) is 44.3 Å². The molecule has 4 aliphatic rings. The number of amides is 1. The summed E-state index contributed by atoms with van der Waals surface area (Å²) in [4.78, 5) is 19.8. The topological polar surface area (TPSA) is 44.6 Å². The minimum Gasteiger partial charge on any atom is -0.340 e. The summed E-state index contributed by atoms with van der Waals surface area (Å²) in [6.07, 6.45) is 5.92. The van der Waals surface area contributed by atoms with Crippen LogP contribution in [0.25, 0.3) is 0 Å². The van der Waals surface area contributed by atoms with Crippen molar-refractivity contribution in [1.29, 1.82) is 0 Å². The molecule has 132 valence electrons. The fourth-order valence-electron chi connectivity index (χ4n) is 4.69. The van der Waals surface area contributed by atoms with E-state index in [9.17, 15) is 4.79 Å². The van der Waals surface area contributed by atoms with Gasteiger partial charge in [0.25, 0.3) is 0 Å². The molecule has 24 heavy (non-hydrogen) atoms. The normalized spacial score (nSPS) is 30.7. The van der Waals surface area contributed by atoms with Crippen molar-refractivity contribution in [3.8, 4) is 0 Å². The van der Waals surface area contributed by atoms with Crippen LogP contribution < -0.4 is 0 Å². The number of hydrogen-bond acceptors (Lipinski definition) is 4. The van der Waals surface area contributed by atoms with Crippen LogP contribution in [0.1, 0.15) is 25.0 Å². The van der Waals surface area contributed by atoms with Gasteiger partial charge in [-0.1, -0.05) is 0 Å². The van der Waals surface area contributed by atoms with E-state index in [1.165, 1.54) is 32.5 Å². The molecule has 1 atom stereocenters. The molecule has 1 aromatic heterocycles. The van der Waals surface area contributed by atoms with E-state index in [0.29, 0.717) is 12.3 Å². The lowest BCUT2D eigenvalue weighted by molar-refractivity contribution is -0.134. The largest absolute Gasteiger partial charge is 0.340 e. The van der Waals surface area contributed by atoms with Crippen LogP contribution in [-0.4, -0.2) is 82.2 Å². The number of aromatic nitrogens is 2. The van der Waals surface area contributed by atoms with Crippen molar-refractivity contribution < 1.29 is 4.79 Å². The zero-order valence-corrected chi connectivity index (χ0v) is 14.7. The summed E-state index contributed by atoms with van der Waals surface area (Å²) >= 11 is 0. The summed E-state index contributed by atoms with van der Waals surface area (Å²) in [6, 6.07) is 2.73. The number of hydrogen-bond donors (Lipinski definition) is 0. The lowest BCUT2D eigenvalue weighted by Gasteiger charge is -2.51. The highest BCUT2D eigenvalue weighted by Gasteiger charge is 2.38. The van der Waals surface area contributed by atoms with Crippen LogP contribution in [0.2, 0.25) is 0 Å². The summed E-state index contributed by atoms with van der Waals surface area (Å²) in [6.45, 7) is 7.74. The number of fused-ring (bicyclic) bond motifs is 3. The predicted octanol–water partition coefficient (Wildman–Crippen LogP) is 0.591. The Morgan fingerprint density at radius 3 is 2.50 bits per heavy atom. The van der Waals surface area contributed by atoms with Crippen LogP contribution in [0.5, 0.6) is 0 Å². The summed E-state index contributed by atoms with van der Waals surface area (Å²) in [5, 5.41) is 4.17. The van der Waals surface area contributed by atoms with Crippen LogP contribution in [0.15, 0.2) is 12.3 Å². The van der Waals surface area contributed by atoms with E-state index >= 15 is 0 Å². The van der Waals surface area contributed by atoms with Gasteiger partial charge in [-0.2, -0.15) is 5.10 Å². The highest BCUT2D eigenvalue weighted by molar-refractivity contribution is 5.76. The van der Waals surface area contributed by atoms with E-state index in [4.69, 9.17) is 0 Å². The fourth-order valence-corrected chi connectivity index (χ4v) is 4.69. The zero-order chi connectivity index (χ0) is 16.5. The van der Waals surface area contributed by atoms with Gasteiger partial charge in [0.2, 0.25) is 5.91 Å². The number of carbonyl (C=O) groups excluding carboxylic acids is 1. The molecule has 1 amide bonds. The van der Waals surface area contributed by atoms with E-state index in [2.05, 4.69) is 19.8 Å². The Morgan fingerprint density at radius 1 is 1.17 bits per heavy atom. The molecule has 0 aromatic carbocycles. The standard InChI is InChI=1S/C18H29N5O/c1-20-16(4-7-19-20)2-3-18(24)23-12-10-22(11-13-23)17-14-21-8-5-15(17)6-9-21/h4,7,15,17H,2-3,5-6,8-14H2,1H3/t17-/m1/s1. The van der Waals surface area contributed by atoms with Gasteiger partial charge in [-0.3, -0.25) is 14.4 Å². The van der Waals surface area contributed by atoms with Gasteiger partial charge in [0.15, 0.2) is 0 Å². The third-order valence-corrected chi connectivity index (χ3v) is 6.28. The number of piperidine rings is 3. The second-order valence-corrected chi connectivity index (χ2v) is 7.57. The van der Waals surface area contributed by atoms with Gasteiger partial charge in [-0.25, -0.2) is 0 Å². The Balaban J connectivity index is 1.25. The minimum atomic E-state index is 0.296. The highest BCUT2D eigenvalue weighted by atomic mass is 16.2. The number of rotatable bonds is 4. The Kier molecular flexibility index (Phi) is 4.59. The second-order valence-electron chi connectivity index (χ2n) is 7.57. The minimum absolute atomic E-state index is 0.296. The van der Waals surface area contributed by atoms with Crippen LogP contribution in [-0.2, 0) is 18.3 Å². The molecule has 0 N–H and O–H groups in total. The first-order valence-electron chi connectivity index (χ1n) is 9.42. The van der Waals surface area contributed by atoms with E-state index in [0.717, 1.165) is 50.3 Å². The highest BCUT2D eigenvalue weighted by Crippen LogP contribution is 2.31. The monoisotopic (exact) mass is 331 g/mol. The smallest absolute Gasteiger partial charge is 0.223 e. The average Bonchev–Trinajstić information content (AvgIpc) is 3.06. The van der Waals surface area contributed by atoms with Crippen LogP contribution in [0.4, 0.5) is 0 Å². The molecule has 5 heterocycles. The molecule has 0 aliphatic carbocycles. The molecule has 1 aromatic rings. The molecular weight excluding hydrogens is 302 g/mol. The van der Waals surface area contributed by atoms with Crippen molar-refractivity contribution in [3.63, 3.8) is 0 Å².